The zero-order valence-electron chi connectivity index (χ0n) is 17.2. The van der Waals surface area contributed by atoms with Crippen molar-refractivity contribution >= 4 is 17.7 Å². The summed E-state index contributed by atoms with van der Waals surface area (Å²) in [6.45, 7) is 11.6. The highest BCUT2D eigenvalue weighted by molar-refractivity contribution is 5.72. The van der Waals surface area contributed by atoms with E-state index >= 15 is 0 Å². The largest absolute Gasteiger partial charge is 0.444 e. The number of ether oxygens (including phenoxy) is 1. The van der Waals surface area contributed by atoms with Gasteiger partial charge in [0.25, 0.3) is 0 Å². The van der Waals surface area contributed by atoms with Crippen LogP contribution >= 0.6 is 0 Å². The summed E-state index contributed by atoms with van der Waals surface area (Å²) in [5, 5.41) is 10.2. The average Bonchev–Trinajstić information content (AvgIpc) is 3.08. The van der Waals surface area contributed by atoms with Crippen molar-refractivity contribution in [2.75, 3.05) is 5.32 Å². The summed E-state index contributed by atoms with van der Waals surface area (Å²) >= 11 is 0. The number of nitrogens with one attached hydrogen (secondary N) is 2. The maximum atomic E-state index is 14.2. The molecule has 0 aliphatic carbocycles. The van der Waals surface area contributed by atoms with Gasteiger partial charge in [0.1, 0.15) is 11.4 Å². The van der Waals surface area contributed by atoms with Crippen LogP contribution in [0.15, 0.2) is 6.20 Å². The van der Waals surface area contributed by atoms with Crippen molar-refractivity contribution in [3.05, 3.63) is 29.1 Å². The van der Waals surface area contributed by atoms with Gasteiger partial charge in [0.05, 0.1) is 24.0 Å². The Labute approximate surface area is 163 Å². The van der Waals surface area contributed by atoms with Crippen LogP contribution in [-0.2, 0) is 23.2 Å². The Morgan fingerprint density at radius 1 is 1.39 bits per heavy atom. The third-order valence-electron chi connectivity index (χ3n) is 4.59. The molecule has 9 heteroatoms. The van der Waals surface area contributed by atoms with Crippen LogP contribution in [-0.4, -0.2) is 36.8 Å². The van der Waals surface area contributed by atoms with E-state index in [1.165, 1.54) is 0 Å². The number of carbonyl (C=O) groups is 1. The number of H-pyrrole nitrogens is 1. The third-order valence-corrected chi connectivity index (χ3v) is 4.59. The third kappa shape index (κ3) is 3.79. The number of nitrogens with zero attached hydrogens (tertiary/aromatic N) is 4. The number of anilines is 2. The standard InChI is InChI=1S/C19H27FN6O2/c1-7-8-13-21-9-12(20)16(22-13)23-15-11-10-26(17(27)28-18(2,3)4)19(5,6)14(11)24-25-15/h9H,7-8,10H2,1-6H3,(H2,21,22,23,24,25). The summed E-state index contributed by atoms with van der Waals surface area (Å²) in [6, 6.07) is 0. The molecule has 1 amide bonds. The quantitative estimate of drug-likeness (QED) is 0.818. The minimum absolute atomic E-state index is 0.0706. The van der Waals surface area contributed by atoms with Gasteiger partial charge in [-0.15, -0.1) is 0 Å². The van der Waals surface area contributed by atoms with Crippen LogP contribution < -0.4 is 5.32 Å². The monoisotopic (exact) mass is 390 g/mol. The maximum Gasteiger partial charge on any atom is 0.411 e. The lowest BCUT2D eigenvalue weighted by Gasteiger charge is -2.33. The average molecular weight is 390 g/mol. The summed E-state index contributed by atoms with van der Waals surface area (Å²) in [4.78, 5) is 22.5. The van der Waals surface area contributed by atoms with Crippen LogP contribution in [0, 0.1) is 5.82 Å². The van der Waals surface area contributed by atoms with E-state index in [4.69, 9.17) is 4.74 Å². The molecule has 8 nitrogen and oxygen atoms in total. The molecule has 3 rings (SSSR count). The number of rotatable bonds is 4. The fourth-order valence-electron chi connectivity index (χ4n) is 3.18. The van der Waals surface area contributed by atoms with Gasteiger partial charge >= 0.3 is 6.09 Å². The summed E-state index contributed by atoms with van der Waals surface area (Å²) in [7, 11) is 0. The van der Waals surface area contributed by atoms with Crippen LogP contribution in [0.4, 0.5) is 20.8 Å². The van der Waals surface area contributed by atoms with Crippen molar-refractivity contribution in [1.82, 2.24) is 25.1 Å². The van der Waals surface area contributed by atoms with Gasteiger partial charge in [-0.3, -0.25) is 10.00 Å². The molecule has 1 aliphatic heterocycles. The van der Waals surface area contributed by atoms with Gasteiger partial charge in [-0.2, -0.15) is 5.10 Å². The second-order valence-electron chi connectivity index (χ2n) is 8.41. The van der Waals surface area contributed by atoms with Gasteiger partial charge in [0.2, 0.25) is 0 Å². The highest BCUT2D eigenvalue weighted by atomic mass is 19.1. The van der Waals surface area contributed by atoms with E-state index in [0.29, 0.717) is 24.6 Å². The molecule has 0 aromatic carbocycles. The summed E-state index contributed by atoms with van der Waals surface area (Å²) < 4.78 is 19.7. The van der Waals surface area contributed by atoms with E-state index in [0.717, 1.165) is 23.9 Å². The molecule has 0 saturated carbocycles. The predicted molar refractivity (Wildman–Crippen MR) is 103 cm³/mol. The van der Waals surface area contributed by atoms with E-state index in [1.54, 1.807) is 4.90 Å². The molecule has 28 heavy (non-hydrogen) atoms. The summed E-state index contributed by atoms with van der Waals surface area (Å²) in [5.74, 6) is 0.516. The Bertz CT molecular complexity index is 887. The molecule has 152 valence electrons. The molecule has 1 aliphatic rings. The zero-order valence-corrected chi connectivity index (χ0v) is 17.2. The van der Waals surface area contributed by atoms with E-state index in [9.17, 15) is 9.18 Å². The van der Waals surface area contributed by atoms with Crippen LogP contribution in [0.1, 0.15) is 65.0 Å². The molecule has 2 N–H and O–H groups in total. The molecule has 0 radical (unpaired) electrons. The first kappa shape index (κ1) is 20.0. The Hall–Kier alpha value is -2.71. The Morgan fingerprint density at radius 3 is 2.75 bits per heavy atom. The minimum Gasteiger partial charge on any atom is -0.444 e. The topological polar surface area (TPSA) is 96.0 Å². The number of aryl methyl sites for hydroxylation is 1. The van der Waals surface area contributed by atoms with Crippen LogP contribution in [0.2, 0.25) is 0 Å². The molecule has 0 spiro atoms. The van der Waals surface area contributed by atoms with Crippen LogP contribution in [0.5, 0.6) is 0 Å². The van der Waals surface area contributed by atoms with Gasteiger partial charge in [0, 0.05) is 12.0 Å². The second kappa shape index (κ2) is 7.03. The molecule has 2 aromatic heterocycles. The van der Waals surface area contributed by atoms with Crippen molar-refractivity contribution in [3.63, 3.8) is 0 Å². The maximum absolute atomic E-state index is 14.2. The number of halogens is 1. The van der Waals surface area contributed by atoms with Gasteiger partial charge in [-0.05, 0) is 41.0 Å². The van der Waals surface area contributed by atoms with Crippen molar-refractivity contribution < 1.29 is 13.9 Å². The van der Waals surface area contributed by atoms with E-state index in [-0.39, 0.29) is 5.82 Å². The van der Waals surface area contributed by atoms with Gasteiger partial charge in [0.15, 0.2) is 17.5 Å². The smallest absolute Gasteiger partial charge is 0.411 e. The number of carbonyl (C=O) groups excluding carboxylic acids is 1. The van der Waals surface area contributed by atoms with E-state index in [2.05, 4.69) is 25.5 Å². The molecule has 0 bridgehead atoms. The Kier molecular flexibility index (Phi) is 5.03. The lowest BCUT2D eigenvalue weighted by molar-refractivity contribution is 0.00452. The van der Waals surface area contributed by atoms with Crippen molar-refractivity contribution in [2.45, 2.75) is 72.1 Å². The van der Waals surface area contributed by atoms with Crippen LogP contribution in [0.25, 0.3) is 0 Å². The highest BCUT2D eigenvalue weighted by Crippen LogP contribution is 2.41. The van der Waals surface area contributed by atoms with Gasteiger partial charge in [-0.1, -0.05) is 6.92 Å². The number of aromatic amines is 1. The summed E-state index contributed by atoms with van der Waals surface area (Å²) in [5.41, 5.74) is 0.333. The Balaban J connectivity index is 1.87. The molecule has 2 aromatic rings. The van der Waals surface area contributed by atoms with Crippen molar-refractivity contribution in [3.8, 4) is 0 Å². The molecular weight excluding hydrogens is 363 g/mol. The number of hydrogen-bond acceptors (Lipinski definition) is 6. The lowest BCUT2D eigenvalue weighted by atomic mass is 10.0. The van der Waals surface area contributed by atoms with Crippen LogP contribution in [0.3, 0.4) is 0 Å². The first-order chi connectivity index (χ1) is 13.0. The molecule has 3 heterocycles. The van der Waals surface area contributed by atoms with Gasteiger partial charge < -0.3 is 10.1 Å². The highest BCUT2D eigenvalue weighted by Gasteiger charge is 2.45. The first-order valence-electron chi connectivity index (χ1n) is 9.39. The van der Waals surface area contributed by atoms with E-state index in [1.807, 2.05) is 41.5 Å². The Morgan fingerprint density at radius 2 is 2.11 bits per heavy atom. The molecule has 0 atom stereocenters. The fourth-order valence-corrected chi connectivity index (χ4v) is 3.18. The van der Waals surface area contributed by atoms with E-state index < -0.39 is 23.1 Å². The SMILES string of the molecule is CCCc1ncc(F)c(Nc2n[nH]c3c2CN(C(=O)OC(C)(C)C)C3(C)C)n1. The number of hydrogen-bond donors (Lipinski definition) is 2. The zero-order chi connectivity index (χ0) is 20.7. The van der Waals surface area contributed by atoms with Crippen molar-refractivity contribution in [2.24, 2.45) is 0 Å². The fraction of sp³-hybridized carbons (Fsp3) is 0.579. The normalized spacial score (nSPS) is 15.5. The molecule has 0 saturated heterocycles. The molecule has 0 unspecified atom stereocenters. The number of aromatic nitrogens is 4. The van der Waals surface area contributed by atoms with Gasteiger partial charge in [-0.25, -0.2) is 19.2 Å². The molecule has 0 fully saturated rings. The number of fused-ring (bicyclic) bond motifs is 1. The minimum atomic E-state index is -0.637. The lowest BCUT2D eigenvalue weighted by Crippen LogP contribution is -2.43. The summed E-state index contributed by atoms with van der Waals surface area (Å²) in [6.07, 6.45) is 2.27. The molecular formula is C19H27FN6O2. The number of amides is 1. The predicted octanol–water partition coefficient (Wildman–Crippen LogP) is 4.02. The second-order valence-corrected chi connectivity index (χ2v) is 8.41. The van der Waals surface area contributed by atoms with Crippen molar-refractivity contribution in [1.29, 1.82) is 0 Å². The first-order valence-corrected chi connectivity index (χ1v) is 9.39.